The largest absolute Gasteiger partial charge is 0.419 e. The summed E-state index contributed by atoms with van der Waals surface area (Å²) < 4.78 is 33.8. The molecule has 31 heavy (non-hydrogen) atoms. The molecule has 0 aliphatic rings. The molecule has 0 aliphatic carbocycles. The van der Waals surface area contributed by atoms with Gasteiger partial charge in [-0.15, -0.1) is 0 Å². The number of oxazole rings is 1. The number of benzene rings is 3. The number of rotatable bonds is 6. The van der Waals surface area contributed by atoms with Crippen molar-refractivity contribution >= 4 is 31.7 Å². The fourth-order valence-electron chi connectivity index (χ4n) is 3.27. The molecule has 0 N–H and O–H groups in total. The molecule has 7 heteroatoms. The Labute approximate surface area is 190 Å². The van der Waals surface area contributed by atoms with E-state index >= 15 is 0 Å². The van der Waals surface area contributed by atoms with Crippen molar-refractivity contribution in [3.05, 3.63) is 94.5 Å². The maximum atomic E-state index is 13.5. The molecule has 0 saturated carbocycles. The van der Waals surface area contributed by atoms with E-state index in [4.69, 9.17) is 4.42 Å². The van der Waals surface area contributed by atoms with E-state index in [0.29, 0.717) is 6.54 Å². The topological polar surface area (TPSA) is 63.4 Å². The minimum atomic E-state index is -3.89. The lowest BCUT2D eigenvalue weighted by Gasteiger charge is -2.17. The summed E-state index contributed by atoms with van der Waals surface area (Å²) in [5, 5.41) is -0.0928. The first-order valence-electron chi connectivity index (χ1n) is 9.68. The number of sulfone groups is 1. The van der Waals surface area contributed by atoms with Crippen LogP contribution in [0.4, 0.5) is 5.88 Å². The van der Waals surface area contributed by atoms with Crippen molar-refractivity contribution in [1.82, 2.24) is 4.98 Å². The minimum Gasteiger partial charge on any atom is -0.419 e. The monoisotopic (exact) mass is 496 g/mol. The molecule has 1 aromatic heterocycles. The van der Waals surface area contributed by atoms with Gasteiger partial charge in [-0.2, -0.15) is 4.98 Å². The Bertz CT molecular complexity index is 1300. The third-order valence-electron chi connectivity index (χ3n) is 4.83. The van der Waals surface area contributed by atoms with Gasteiger partial charge in [-0.25, -0.2) is 8.42 Å². The summed E-state index contributed by atoms with van der Waals surface area (Å²) in [6, 6.07) is 23.9. The number of hydrogen-bond donors (Lipinski definition) is 0. The van der Waals surface area contributed by atoms with Crippen LogP contribution in [-0.2, 0) is 16.4 Å². The predicted molar refractivity (Wildman–Crippen MR) is 125 cm³/mol. The average molecular weight is 497 g/mol. The van der Waals surface area contributed by atoms with Crippen LogP contribution in [0, 0.1) is 6.92 Å². The fourth-order valence-corrected chi connectivity index (χ4v) is 4.88. The highest BCUT2D eigenvalue weighted by molar-refractivity contribution is 9.10. The Kier molecular flexibility index (Phi) is 5.98. The zero-order chi connectivity index (χ0) is 22.0. The maximum absolute atomic E-state index is 13.5. The van der Waals surface area contributed by atoms with Crippen molar-refractivity contribution < 1.29 is 12.8 Å². The number of aromatic nitrogens is 1. The van der Waals surface area contributed by atoms with Crippen LogP contribution in [0.15, 0.2) is 97.7 Å². The fraction of sp³-hybridized carbons (Fsp3) is 0.125. The zero-order valence-corrected chi connectivity index (χ0v) is 19.5. The molecular weight excluding hydrogens is 476 g/mol. The van der Waals surface area contributed by atoms with Crippen LogP contribution in [-0.4, -0.2) is 20.4 Å². The number of hydrogen-bond acceptors (Lipinski definition) is 5. The van der Waals surface area contributed by atoms with Gasteiger partial charge in [0.2, 0.25) is 26.6 Å². The van der Waals surface area contributed by atoms with E-state index < -0.39 is 9.84 Å². The molecule has 5 nitrogen and oxygen atoms in total. The van der Waals surface area contributed by atoms with Gasteiger partial charge in [0.1, 0.15) is 0 Å². The van der Waals surface area contributed by atoms with E-state index in [9.17, 15) is 8.42 Å². The number of nitrogens with zero attached hydrogens (tertiary/aromatic N) is 2. The number of aryl methyl sites for hydroxylation is 1. The molecule has 1 heterocycles. The van der Waals surface area contributed by atoms with E-state index in [1.807, 2.05) is 61.5 Å². The van der Waals surface area contributed by atoms with Gasteiger partial charge in [0.25, 0.3) is 0 Å². The van der Waals surface area contributed by atoms with Gasteiger partial charge in [-0.3, -0.25) is 0 Å². The molecular formula is C24H21BrN2O3S. The Morgan fingerprint density at radius 1 is 0.968 bits per heavy atom. The highest BCUT2D eigenvalue weighted by Gasteiger charge is 2.30. The van der Waals surface area contributed by atoms with Crippen molar-refractivity contribution in [2.24, 2.45) is 0 Å². The molecule has 0 atom stereocenters. The molecule has 0 fully saturated rings. The molecule has 4 aromatic rings. The van der Waals surface area contributed by atoms with Gasteiger partial charge in [-0.1, -0.05) is 64.0 Å². The summed E-state index contributed by atoms with van der Waals surface area (Å²) in [5.41, 5.74) is 2.80. The lowest BCUT2D eigenvalue weighted by Crippen LogP contribution is -2.18. The van der Waals surface area contributed by atoms with Crippen LogP contribution in [0.1, 0.15) is 11.1 Å². The molecule has 4 rings (SSSR count). The molecule has 0 bridgehead atoms. The van der Waals surface area contributed by atoms with Crippen LogP contribution in [0.2, 0.25) is 0 Å². The highest BCUT2D eigenvalue weighted by atomic mass is 79.9. The van der Waals surface area contributed by atoms with E-state index in [1.165, 1.54) is 0 Å². The summed E-state index contributed by atoms with van der Waals surface area (Å²) in [7, 11) is -2.09. The minimum absolute atomic E-state index is 0.0928. The van der Waals surface area contributed by atoms with E-state index in [0.717, 1.165) is 21.2 Å². The van der Waals surface area contributed by atoms with E-state index in [1.54, 1.807) is 36.2 Å². The third-order valence-corrected chi connectivity index (χ3v) is 7.03. The SMILES string of the molecule is Cc1cccc(-c2nc(S(=O)(=O)c3ccc(Br)cc3)c(N(C)Cc3ccccc3)o2)c1. The molecule has 0 radical (unpaired) electrons. The van der Waals surface area contributed by atoms with Gasteiger partial charge >= 0.3 is 0 Å². The third kappa shape index (κ3) is 4.57. The number of anilines is 1. The van der Waals surface area contributed by atoms with Crippen LogP contribution >= 0.6 is 15.9 Å². The van der Waals surface area contributed by atoms with Crippen molar-refractivity contribution in [3.63, 3.8) is 0 Å². The smallest absolute Gasteiger partial charge is 0.236 e. The first-order chi connectivity index (χ1) is 14.8. The van der Waals surface area contributed by atoms with Gasteiger partial charge in [0, 0.05) is 23.6 Å². The maximum Gasteiger partial charge on any atom is 0.236 e. The Morgan fingerprint density at radius 2 is 1.68 bits per heavy atom. The average Bonchev–Trinajstić information content (AvgIpc) is 3.22. The summed E-state index contributed by atoms with van der Waals surface area (Å²) in [5.74, 6) is 0.484. The first-order valence-corrected chi connectivity index (χ1v) is 12.0. The second-order valence-electron chi connectivity index (χ2n) is 7.30. The van der Waals surface area contributed by atoms with Gasteiger partial charge < -0.3 is 9.32 Å². The molecule has 0 spiro atoms. The van der Waals surface area contributed by atoms with Crippen molar-refractivity contribution in [2.75, 3.05) is 11.9 Å². The van der Waals surface area contributed by atoms with Crippen molar-refractivity contribution in [1.29, 1.82) is 0 Å². The van der Waals surface area contributed by atoms with Crippen molar-refractivity contribution in [2.45, 2.75) is 23.4 Å². The molecule has 0 aliphatic heterocycles. The first kappa shape index (κ1) is 21.3. The Hall–Kier alpha value is -2.90. The van der Waals surface area contributed by atoms with Gasteiger partial charge in [0.05, 0.1) is 4.90 Å². The quantitative estimate of drug-likeness (QED) is 0.333. The highest BCUT2D eigenvalue weighted by Crippen LogP contribution is 2.35. The van der Waals surface area contributed by atoms with Crippen LogP contribution < -0.4 is 4.90 Å². The zero-order valence-electron chi connectivity index (χ0n) is 17.1. The van der Waals surface area contributed by atoms with Crippen LogP contribution in [0.5, 0.6) is 0 Å². The second-order valence-corrected chi connectivity index (χ2v) is 10.1. The molecule has 158 valence electrons. The van der Waals surface area contributed by atoms with Crippen LogP contribution in [0.25, 0.3) is 11.5 Å². The summed E-state index contributed by atoms with van der Waals surface area (Å²) in [6.07, 6.45) is 0. The Balaban J connectivity index is 1.83. The molecule has 0 amide bonds. The van der Waals surface area contributed by atoms with Gasteiger partial charge in [0.15, 0.2) is 0 Å². The lowest BCUT2D eigenvalue weighted by atomic mass is 10.1. The Morgan fingerprint density at radius 3 is 2.35 bits per heavy atom. The van der Waals surface area contributed by atoms with Crippen LogP contribution in [0.3, 0.4) is 0 Å². The molecule has 3 aromatic carbocycles. The molecule has 0 unspecified atom stereocenters. The standard InChI is InChI=1S/C24H21BrN2O3S/c1-17-7-6-10-19(15-17)22-26-23(31(28,29)21-13-11-20(25)12-14-21)24(30-22)27(2)16-18-8-4-3-5-9-18/h3-15H,16H2,1-2H3. The predicted octanol–water partition coefficient (Wildman–Crippen LogP) is 5.88. The second kappa shape index (κ2) is 8.69. The normalized spacial score (nSPS) is 11.5. The molecule has 0 saturated heterocycles. The van der Waals surface area contributed by atoms with E-state index in [-0.39, 0.29) is 21.7 Å². The number of halogens is 1. The van der Waals surface area contributed by atoms with Crippen molar-refractivity contribution in [3.8, 4) is 11.5 Å². The van der Waals surface area contributed by atoms with E-state index in [2.05, 4.69) is 20.9 Å². The lowest BCUT2D eigenvalue weighted by molar-refractivity contribution is 0.554. The summed E-state index contributed by atoms with van der Waals surface area (Å²) in [6.45, 7) is 2.44. The van der Waals surface area contributed by atoms with Gasteiger partial charge in [-0.05, 0) is 48.9 Å². The summed E-state index contributed by atoms with van der Waals surface area (Å²) >= 11 is 3.35. The summed E-state index contributed by atoms with van der Waals surface area (Å²) in [4.78, 5) is 6.38.